The van der Waals surface area contributed by atoms with E-state index in [2.05, 4.69) is 30.4 Å². The fourth-order valence-electron chi connectivity index (χ4n) is 1.83. The van der Waals surface area contributed by atoms with Gasteiger partial charge in [-0.1, -0.05) is 24.5 Å². The lowest BCUT2D eigenvalue weighted by Crippen LogP contribution is -2.11. The topological polar surface area (TPSA) is 12.0 Å². The Hall–Kier alpha value is -0.915. The van der Waals surface area contributed by atoms with Crippen LogP contribution in [0.2, 0.25) is 0 Å². The summed E-state index contributed by atoms with van der Waals surface area (Å²) < 4.78 is 0. The van der Waals surface area contributed by atoms with Gasteiger partial charge in [-0.05, 0) is 36.3 Å². The zero-order valence-electron chi connectivity index (χ0n) is 8.93. The maximum absolute atomic E-state index is 5.91. The van der Waals surface area contributed by atoms with E-state index in [-0.39, 0.29) is 0 Å². The Kier molecular flexibility index (Phi) is 2.30. The molecular weight excluding hydrogens is 169 g/mol. The lowest BCUT2D eigenvalue weighted by molar-refractivity contribution is 0.570. The second-order valence-corrected chi connectivity index (χ2v) is 4.66. The molecule has 2 rings (SSSR count). The van der Waals surface area contributed by atoms with Crippen molar-refractivity contribution >= 4 is 19.0 Å². The van der Waals surface area contributed by atoms with Gasteiger partial charge < -0.3 is 5.32 Å². The van der Waals surface area contributed by atoms with Crippen LogP contribution in [0.15, 0.2) is 18.2 Å². The second-order valence-electron chi connectivity index (χ2n) is 4.66. The third kappa shape index (κ3) is 1.94. The number of hydrogen-bond donors (Lipinski definition) is 1. The van der Waals surface area contributed by atoms with Crippen molar-refractivity contribution in [2.45, 2.75) is 26.2 Å². The largest absolute Gasteiger partial charge is 0.389 e. The monoisotopic (exact) mass is 185 g/mol. The van der Waals surface area contributed by atoms with E-state index >= 15 is 0 Å². The van der Waals surface area contributed by atoms with Gasteiger partial charge in [0, 0.05) is 12.7 Å². The first-order valence-corrected chi connectivity index (χ1v) is 5.19. The van der Waals surface area contributed by atoms with Gasteiger partial charge in [0.05, 0.1) is 0 Å². The SMILES string of the molecule is [B]c1cc(CC2(C)CC2)ccc1NC. The van der Waals surface area contributed by atoms with Gasteiger partial charge >= 0.3 is 0 Å². The molecule has 0 bridgehead atoms. The highest BCUT2D eigenvalue weighted by atomic mass is 14.8. The van der Waals surface area contributed by atoms with E-state index in [1.165, 1.54) is 24.8 Å². The lowest BCUT2D eigenvalue weighted by Gasteiger charge is -2.11. The van der Waals surface area contributed by atoms with Crippen molar-refractivity contribution in [1.29, 1.82) is 0 Å². The molecule has 0 aromatic heterocycles. The Bertz CT molecular complexity index is 342. The lowest BCUT2D eigenvalue weighted by atomic mass is 9.89. The van der Waals surface area contributed by atoms with Crippen LogP contribution in [-0.4, -0.2) is 14.9 Å². The van der Waals surface area contributed by atoms with Crippen molar-refractivity contribution in [3.8, 4) is 0 Å². The predicted molar refractivity (Wildman–Crippen MR) is 62.4 cm³/mol. The van der Waals surface area contributed by atoms with Gasteiger partial charge in [-0.2, -0.15) is 0 Å². The molecule has 0 atom stereocenters. The molecule has 1 fully saturated rings. The van der Waals surface area contributed by atoms with Crippen LogP contribution in [0.25, 0.3) is 0 Å². The zero-order chi connectivity index (χ0) is 10.2. The van der Waals surface area contributed by atoms with Gasteiger partial charge in [0.1, 0.15) is 7.85 Å². The maximum atomic E-state index is 5.91. The highest BCUT2D eigenvalue weighted by Gasteiger charge is 2.36. The molecule has 2 heteroatoms. The highest BCUT2D eigenvalue weighted by Crippen LogP contribution is 2.47. The van der Waals surface area contributed by atoms with Crippen LogP contribution in [0.1, 0.15) is 25.3 Å². The molecular formula is C12H16BN. The Morgan fingerprint density at radius 1 is 1.43 bits per heavy atom. The van der Waals surface area contributed by atoms with Gasteiger partial charge in [0.2, 0.25) is 0 Å². The van der Waals surface area contributed by atoms with E-state index in [0.717, 1.165) is 11.2 Å². The minimum atomic E-state index is 0.563. The summed E-state index contributed by atoms with van der Waals surface area (Å²) in [5.41, 5.74) is 3.80. The molecule has 1 nitrogen and oxygen atoms in total. The fraction of sp³-hybridized carbons (Fsp3) is 0.500. The van der Waals surface area contributed by atoms with Gasteiger partial charge in [-0.15, -0.1) is 0 Å². The van der Waals surface area contributed by atoms with E-state index in [1.807, 2.05) is 7.05 Å². The second kappa shape index (κ2) is 3.34. The molecule has 1 N–H and O–H groups in total. The van der Waals surface area contributed by atoms with Crippen LogP contribution in [0.5, 0.6) is 0 Å². The third-order valence-electron chi connectivity index (χ3n) is 3.12. The molecule has 1 aromatic carbocycles. The molecule has 0 unspecified atom stereocenters. The van der Waals surface area contributed by atoms with Gasteiger partial charge in [-0.25, -0.2) is 0 Å². The average molecular weight is 185 g/mol. The molecule has 1 aliphatic carbocycles. The Morgan fingerprint density at radius 3 is 2.64 bits per heavy atom. The Morgan fingerprint density at radius 2 is 2.14 bits per heavy atom. The summed E-state index contributed by atoms with van der Waals surface area (Å²) in [5, 5.41) is 3.08. The molecule has 1 saturated carbocycles. The van der Waals surface area contributed by atoms with Crippen molar-refractivity contribution in [2.24, 2.45) is 5.41 Å². The van der Waals surface area contributed by atoms with Crippen molar-refractivity contribution in [1.82, 2.24) is 0 Å². The summed E-state index contributed by atoms with van der Waals surface area (Å²) in [6.45, 7) is 2.34. The van der Waals surface area contributed by atoms with Crippen molar-refractivity contribution in [3.05, 3.63) is 23.8 Å². The fourth-order valence-corrected chi connectivity index (χ4v) is 1.83. The zero-order valence-corrected chi connectivity index (χ0v) is 8.93. The van der Waals surface area contributed by atoms with Crippen LogP contribution >= 0.6 is 0 Å². The van der Waals surface area contributed by atoms with E-state index < -0.39 is 0 Å². The molecule has 0 heterocycles. The summed E-state index contributed by atoms with van der Waals surface area (Å²) in [6.07, 6.45) is 3.89. The summed E-state index contributed by atoms with van der Waals surface area (Å²) in [6, 6.07) is 6.33. The number of benzene rings is 1. The first-order chi connectivity index (χ1) is 6.63. The first-order valence-electron chi connectivity index (χ1n) is 5.19. The number of nitrogens with one attached hydrogen (secondary N) is 1. The minimum Gasteiger partial charge on any atom is -0.389 e. The molecule has 1 aromatic rings. The Balaban J connectivity index is 2.15. The molecule has 0 spiro atoms. The van der Waals surface area contributed by atoms with Crippen LogP contribution in [0.3, 0.4) is 0 Å². The van der Waals surface area contributed by atoms with E-state index in [4.69, 9.17) is 7.85 Å². The number of rotatable bonds is 3. The van der Waals surface area contributed by atoms with Crippen LogP contribution in [0, 0.1) is 5.41 Å². The molecule has 1 aliphatic rings. The van der Waals surface area contributed by atoms with Crippen LogP contribution < -0.4 is 10.8 Å². The van der Waals surface area contributed by atoms with Crippen molar-refractivity contribution in [2.75, 3.05) is 12.4 Å². The smallest absolute Gasteiger partial charge is 0.116 e. The molecule has 0 amide bonds. The summed E-state index contributed by atoms with van der Waals surface area (Å²) in [5.74, 6) is 0. The normalized spacial score (nSPS) is 17.9. The quantitative estimate of drug-likeness (QED) is 0.708. The standard InChI is InChI=1S/C12H16BN/c1-12(5-6-12)8-9-3-4-11(14-2)10(13)7-9/h3-4,7,14H,5-6,8H2,1-2H3. The molecule has 2 radical (unpaired) electrons. The highest BCUT2D eigenvalue weighted by molar-refractivity contribution is 6.35. The number of hydrogen-bond acceptors (Lipinski definition) is 1. The maximum Gasteiger partial charge on any atom is 0.116 e. The first kappa shape index (κ1) is 9.63. The Labute approximate surface area is 87.3 Å². The summed E-state index contributed by atoms with van der Waals surface area (Å²) >= 11 is 0. The van der Waals surface area contributed by atoms with E-state index in [1.54, 1.807) is 0 Å². The van der Waals surface area contributed by atoms with Crippen LogP contribution in [0.4, 0.5) is 5.69 Å². The molecule has 72 valence electrons. The van der Waals surface area contributed by atoms with Gasteiger partial charge in [0.15, 0.2) is 0 Å². The molecule has 0 saturated heterocycles. The van der Waals surface area contributed by atoms with E-state index in [0.29, 0.717) is 5.41 Å². The molecule has 14 heavy (non-hydrogen) atoms. The van der Waals surface area contributed by atoms with Crippen LogP contribution in [-0.2, 0) is 6.42 Å². The van der Waals surface area contributed by atoms with Gasteiger partial charge in [-0.3, -0.25) is 0 Å². The van der Waals surface area contributed by atoms with Gasteiger partial charge in [0.25, 0.3) is 0 Å². The predicted octanol–water partition coefficient (Wildman–Crippen LogP) is 1.86. The number of anilines is 1. The average Bonchev–Trinajstić information content (AvgIpc) is 2.84. The molecule has 0 aliphatic heterocycles. The van der Waals surface area contributed by atoms with Crippen molar-refractivity contribution in [3.63, 3.8) is 0 Å². The summed E-state index contributed by atoms with van der Waals surface area (Å²) in [7, 11) is 7.81. The summed E-state index contributed by atoms with van der Waals surface area (Å²) in [4.78, 5) is 0. The van der Waals surface area contributed by atoms with E-state index in [9.17, 15) is 0 Å². The van der Waals surface area contributed by atoms with Crippen molar-refractivity contribution < 1.29 is 0 Å². The minimum absolute atomic E-state index is 0.563. The third-order valence-corrected chi connectivity index (χ3v) is 3.12.